The van der Waals surface area contributed by atoms with Crippen LogP contribution in [0.3, 0.4) is 0 Å². The molecule has 0 unspecified atom stereocenters. The Morgan fingerprint density at radius 3 is 2.30 bits per heavy atom. The molecule has 1 rings (SSSR count). The molecule has 1 aromatic carbocycles. The van der Waals surface area contributed by atoms with E-state index in [0.29, 0.717) is 0 Å². The Bertz CT molecular complexity index is 199. The quantitative estimate of drug-likeness (QED) is 0.592. The van der Waals surface area contributed by atoms with Gasteiger partial charge in [0.1, 0.15) is 0 Å². The lowest BCUT2D eigenvalue weighted by Crippen LogP contribution is -2.07. The summed E-state index contributed by atoms with van der Waals surface area (Å²) in [5, 5.41) is 0. The van der Waals surface area contributed by atoms with Gasteiger partial charge in [-0.2, -0.15) is 0 Å². The topological polar surface area (TPSA) is 24.1 Å². The number of hydrogen-bond acceptors (Lipinski definition) is 2. The van der Waals surface area contributed by atoms with Crippen LogP contribution in [0.15, 0.2) is 28.7 Å². The Kier molecular flexibility index (Phi) is 2.99. The molecular weight excluding hydrogens is 215 g/mol. The molecule has 2 N–H and O–H groups in total. The van der Waals surface area contributed by atoms with E-state index in [2.05, 4.69) is 26.3 Å². The molecule has 1 aromatic rings. The molecule has 0 aliphatic heterocycles. The van der Waals surface area contributed by atoms with Gasteiger partial charge >= 0.3 is 0 Å². The van der Waals surface area contributed by atoms with Crippen molar-refractivity contribution in [1.82, 2.24) is 4.94 Å². The Morgan fingerprint density at radius 1 is 1.20 bits per heavy atom. The first-order valence-corrected chi connectivity index (χ1v) is 3.87. The minimum atomic E-state index is 0.929. The fraction of sp³-hybridized carbons (Fsp3) is 0. The van der Waals surface area contributed by atoms with Gasteiger partial charge in [-0.1, -0.05) is 15.9 Å². The highest BCUT2D eigenvalue weighted by atomic mass is 79.9. The zero-order valence-corrected chi connectivity index (χ0v) is 7.41. The van der Waals surface area contributed by atoms with Crippen LogP contribution in [0.5, 0.6) is 0 Å². The molecule has 0 saturated carbocycles. The minimum absolute atomic E-state index is 0.929. The van der Waals surface area contributed by atoms with E-state index < -0.39 is 0 Å². The molecule has 0 spiro atoms. The first-order chi connectivity index (χ1) is 4.83. The number of nitrogens with one attached hydrogen (secondary N) is 2. The Balaban J connectivity index is 2.69. The van der Waals surface area contributed by atoms with E-state index in [0.717, 1.165) is 10.2 Å². The molecule has 0 aliphatic rings. The standard InChI is InChI=1S/C6H6BrClN2/c7-5-1-3-6(4-2-5)9-10-8/h1-4,9-10H. The largest absolute Gasteiger partial charge is 0.308 e. The Labute approximate surface area is 72.8 Å². The van der Waals surface area contributed by atoms with Crippen molar-refractivity contribution >= 4 is 33.4 Å². The molecule has 54 valence electrons. The zero-order chi connectivity index (χ0) is 7.40. The molecule has 0 radical (unpaired) electrons. The van der Waals surface area contributed by atoms with Gasteiger partial charge in [0.25, 0.3) is 0 Å². The van der Waals surface area contributed by atoms with Crippen LogP contribution in [0.1, 0.15) is 0 Å². The van der Waals surface area contributed by atoms with Crippen molar-refractivity contribution in [3.05, 3.63) is 28.7 Å². The molecule has 10 heavy (non-hydrogen) atoms. The van der Waals surface area contributed by atoms with Gasteiger partial charge in [0.2, 0.25) is 0 Å². The van der Waals surface area contributed by atoms with Crippen molar-refractivity contribution in [2.75, 3.05) is 5.43 Å². The molecule has 0 aliphatic carbocycles. The van der Waals surface area contributed by atoms with Gasteiger partial charge < -0.3 is 5.43 Å². The number of hydrazine groups is 1. The smallest absolute Gasteiger partial charge is 0.0501 e. The Morgan fingerprint density at radius 2 is 1.80 bits per heavy atom. The van der Waals surface area contributed by atoms with E-state index in [4.69, 9.17) is 11.8 Å². The van der Waals surface area contributed by atoms with Crippen molar-refractivity contribution in [2.45, 2.75) is 0 Å². The third kappa shape index (κ3) is 2.17. The first kappa shape index (κ1) is 7.85. The van der Waals surface area contributed by atoms with Crippen molar-refractivity contribution < 1.29 is 0 Å². The lowest BCUT2D eigenvalue weighted by molar-refractivity contribution is 1.20. The number of hydrogen-bond donors (Lipinski definition) is 2. The third-order valence-corrected chi connectivity index (χ3v) is 1.66. The van der Waals surface area contributed by atoms with E-state index in [-0.39, 0.29) is 0 Å². The molecule has 0 bridgehead atoms. The van der Waals surface area contributed by atoms with Crippen LogP contribution in [0.4, 0.5) is 5.69 Å². The summed E-state index contributed by atoms with van der Waals surface area (Å²) < 4.78 is 1.05. The molecule has 0 aromatic heterocycles. The van der Waals surface area contributed by atoms with Gasteiger partial charge in [-0.05, 0) is 36.0 Å². The Hall–Kier alpha value is -0.250. The molecular formula is C6H6BrClN2. The second-order valence-corrected chi connectivity index (χ2v) is 2.83. The van der Waals surface area contributed by atoms with Crippen molar-refractivity contribution in [2.24, 2.45) is 0 Å². The van der Waals surface area contributed by atoms with Crippen LogP contribution in [-0.2, 0) is 0 Å². The second kappa shape index (κ2) is 3.81. The van der Waals surface area contributed by atoms with E-state index in [9.17, 15) is 0 Å². The summed E-state index contributed by atoms with van der Waals surface area (Å²) in [5.41, 5.74) is 3.66. The summed E-state index contributed by atoms with van der Waals surface area (Å²) in [6.45, 7) is 0. The molecule has 2 nitrogen and oxygen atoms in total. The van der Waals surface area contributed by atoms with Crippen LogP contribution in [0, 0.1) is 0 Å². The number of anilines is 1. The minimum Gasteiger partial charge on any atom is -0.308 e. The highest BCUT2D eigenvalue weighted by Crippen LogP contribution is 2.12. The number of rotatable bonds is 2. The van der Waals surface area contributed by atoms with E-state index >= 15 is 0 Å². The summed E-state index contributed by atoms with van der Waals surface area (Å²) in [7, 11) is 0. The summed E-state index contributed by atoms with van der Waals surface area (Å²) in [4.78, 5) is 2.31. The van der Waals surface area contributed by atoms with Gasteiger partial charge in [-0.3, -0.25) is 0 Å². The normalized spacial score (nSPS) is 9.40. The lowest BCUT2D eigenvalue weighted by atomic mass is 10.3. The van der Waals surface area contributed by atoms with Crippen LogP contribution in [0.25, 0.3) is 0 Å². The predicted molar refractivity (Wildman–Crippen MR) is 46.8 cm³/mol. The van der Waals surface area contributed by atoms with Gasteiger partial charge in [-0.25, -0.2) is 0 Å². The first-order valence-electron chi connectivity index (χ1n) is 2.70. The monoisotopic (exact) mass is 220 g/mol. The SMILES string of the molecule is ClNNc1ccc(Br)cc1. The maximum Gasteiger partial charge on any atom is 0.0501 e. The molecule has 4 heteroatoms. The van der Waals surface area contributed by atoms with Crippen LogP contribution in [-0.4, -0.2) is 0 Å². The van der Waals surface area contributed by atoms with Gasteiger partial charge in [0, 0.05) is 4.47 Å². The molecule has 0 saturated heterocycles. The summed E-state index contributed by atoms with van der Waals surface area (Å²) in [6, 6.07) is 7.66. The average Bonchev–Trinajstić information content (AvgIpc) is 1.95. The fourth-order valence-electron chi connectivity index (χ4n) is 0.588. The van der Waals surface area contributed by atoms with E-state index in [1.807, 2.05) is 24.3 Å². The van der Waals surface area contributed by atoms with Crippen LogP contribution < -0.4 is 10.4 Å². The molecule has 0 atom stereocenters. The van der Waals surface area contributed by atoms with E-state index in [1.165, 1.54) is 0 Å². The van der Waals surface area contributed by atoms with Crippen LogP contribution >= 0.6 is 27.7 Å². The van der Waals surface area contributed by atoms with Gasteiger partial charge in [0.05, 0.1) is 5.69 Å². The number of halogens is 2. The maximum atomic E-state index is 5.20. The zero-order valence-electron chi connectivity index (χ0n) is 5.07. The number of benzene rings is 1. The van der Waals surface area contributed by atoms with Gasteiger partial charge in [-0.15, -0.1) is 4.94 Å². The maximum absolute atomic E-state index is 5.20. The van der Waals surface area contributed by atoms with Crippen LogP contribution in [0.2, 0.25) is 0 Å². The third-order valence-electron chi connectivity index (χ3n) is 1.04. The average molecular weight is 221 g/mol. The molecule has 0 heterocycles. The van der Waals surface area contributed by atoms with Crippen molar-refractivity contribution in [3.63, 3.8) is 0 Å². The van der Waals surface area contributed by atoms with Crippen molar-refractivity contribution in [3.8, 4) is 0 Å². The molecule has 0 amide bonds. The highest BCUT2D eigenvalue weighted by Gasteiger charge is 1.87. The molecule has 0 fully saturated rings. The van der Waals surface area contributed by atoms with Crippen molar-refractivity contribution in [1.29, 1.82) is 0 Å². The summed E-state index contributed by atoms with van der Waals surface area (Å²) >= 11 is 8.52. The van der Waals surface area contributed by atoms with E-state index in [1.54, 1.807) is 0 Å². The summed E-state index contributed by atoms with van der Waals surface area (Å²) in [5.74, 6) is 0. The fourth-order valence-corrected chi connectivity index (χ4v) is 0.961. The second-order valence-electron chi connectivity index (χ2n) is 1.73. The summed E-state index contributed by atoms with van der Waals surface area (Å²) in [6.07, 6.45) is 0. The highest BCUT2D eigenvalue weighted by molar-refractivity contribution is 9.10. The predicted octanol–water partition coefficient (Wildman–Crippen LogP) is 2.52. The van der Waals surface area contributed by atoms with Gasteiger partial charge in [0.15, 0.2) is 0 Å². The lowest BCUT2D eigenvalue weighted by Gasteiger charge is -2.00.